The Morgan fingerprint density at radius 3 is 2.53 bits per heavy atom. The van der Waals surface area contributed by atoms with Gasteiger partial charge < -0.3 is 14.9 Å². The summed E-state index contributed by atoms with van der Waals surface area (Å²) in [5.41, 5.74) is 0.506. The van der Waals surface area contributed by atoms with Crippen molar-refractivity contribution >= 4 is 45.4 Å². The van der Waals surface area contributed by atoms with Gasteiger partial charge in [-0.1, -0.05) is 25.4 Å². The molecule has 4 aromatic heterocycles. The van der Waals surface area contributed by atoms with Crippen molar-refractivity contribution in [3.63, 3.8) is 0 Å². The second-order valence-corrected chi connectivity index (χ2v) is 7.78. The number of aromatic nitrogens is 7. The highest BCUT2D eigenvalue weighted by molar-refractivity contribution is 6.31. The molecule has 0 aliphatic heterocycles. The van der Waals surface area contributed by atoms with Gasteiger partial charge in [-0.2, -0.15) is 4.98 Å². The van der Waals surface area contributed by atoms with E-state index in [0.29, 0.717) is 16.5 Å². The van der Waals surface area contributed by atoms with Crippen LogP contribution in [0.15, 0.2) is 50.9 Å². The van der Waals surface area contributed by atoms with Crippen LogP contribution in [-0.4, -0.2) is 33.6 Å². The van der Waals surface area contributed by atoms with Gasteiger partial charge in [-0.15, -0.1) is 0 Å². The van der Waals surface area contributed by atoms with E-state index in [4.69, 9.17) is 11.6 Å². The van der Waals surface area contributed by atoms with Gasteiger partial charge in [-0.3, -0.25) is 18.9 Å². The van der Waals surface area contributed by atoms with Gasteiger partial charge in [-0.25, -0.2) is 14.6 Å². The van der Waals surface area contributed by atoms with Crippen LogP contribution < -0.4 is 22.3 Å². The van der Waals surface area contributed by atoms with E-state index < -0.39 is 16.9 Å². The van der Waals surface area contributed by atoms with Crippen molar-refractivity contribution in [2.45, 2.75) is 20.4 Å². The van der Waals surface area contributed by atoms with E-state index in [2.05, 4.69) is 25.3 Å². The van der Waals surface area contributed by atoms with Crippen molar-refractivity contribution < 1.29 is 0 Å². The average molecular weight is 483 g/mol. The summed E-state index contributed by atoms with van der Waals surface area (Å²) in [4.78, 5) is 51.4. The normalized spacial score (nSPS) is 11.0. The Morgan fingerprint density at radius 2 is 1.79 bits per heavy atom. The zero-order valence-corrected chi connectivity index (χ0v) is 19.8. The molecule has 0 aliphatic carbocycles. The number of H-pyrrole nitrogens is 2. The summed E-state index contributed by atoms with van der Waals surface area (Å²) in [6.45, 7) is 4.05. The van der Waals surface area contributed by atoms with Crippen LogP contribution in [0.4, 0.5) is 11.8 Å². The lowest BCUT2D eigenvalue weighted by Crippen LogP contribution is -2.39. The Bertz CT molecular complexity index is 1690. The molecule has 3 N–H and O–H groups in total. The molecule has 0 spiro atoms. The third-order valence-electron chi connectivity index (χ3n) is 5.25. The molecule has 5 rings (SSSR count). The van der Waals surface area contributed by atoms with Crippen molar-refractivity contribution in [2.24, 2.45) is 14.1 Å². The molecule has 4 heterocycles. The standard InChI is InChI=1S/C20H17ClN8O3.C2H6/c1-27-15-16(26-18(27)24-14-5-6-22-19(31)25-14)28(2)20(32)29(17(15)30)9-12-8-10-7-11(21)3-4-13(10)23-12;1-2/h3-8,23H,9H2,1-2H3,(H2,22,24,25,26,31);1-2H3. The Balaban J connectivity index is 0.00000133. The lowest BCUT2D eigenvalue weighted by Gasteiger charge is -2.08. The fourth-order valence-electron chi connectivity index (χ4n) is 3.68. The highest BCUT2D eigenvalue weighted by Crippen LogP contribution is 2.21. The first-order valence-electron chi connectivity index (χ1n) is 10.6. The molecule has 0 radical (unpaired) electrons. The Labute approximate surface area is 197 Å². The molecule has 0 saturated carbocycles. The maximum Gasteiger partial charge on any atom is 0.346 e. The summed E-state index contributed by atoms with van der Waals surface area (Å²) in [6.07, 6.45) is 1.35. The molecular weight excluding hydrogens is 460 g/mol. The SMILES string of the molecule is CC.Cn1c(Nc2ccnc(=O)[nH]2)nc2c1c(=O)n(Cc1cc3cc(Cl)ccc3[nH]1)c(=O)n2C. The van der Waals surface area contributed by atoms with Crippen molar-refractivity contribution in [3.05, 3.63) is 78.6 Å². The number of fused-ring (bicyclic) bond motifs is 2. The second kappa shape index (κ2) is 9.02. The van der Waals surface area contributed by atoms with Gasteiger partial charge in [0, 0.05) is 41.9 Å². The number of nitrogens with zero attached hydrogens (tertiary/aromatic N) is 5. The van der Waals surface area contributed by atoms with Gasteiger partial charge in [0.2, 0.25) is 5.95 Å². The average Bonchev–Trinajstić information content (AvgIpc) is 3.37. The van der Waals surface area contributed by atoms with Crippen LogP contribution in [0.5, 0.6) is 0 Å². The van der Waals surface area contributed by atoms with Crippen molar-refractivity contribution in [1.29, 1.82) is 0 Å². The fraction of sp³-hybridized carbons (Fsp3) is 0.227. The molecule has 5 aromatic rings. The monoisotopic (exact) mass is 482 g/mol. The Hall–Kier alpha value is -4.12. The minimum atomic E-state index is -0.525. The summed E-state index contributed by atoms with van der Waals surface area (Å²) in [7, 11) is 3.20. The predicted octanol–water partition coefficient (Wildman–Crippen LogP) is 2.47. The molecule has 0 unspecified atom stereocenters. The number of halogens is 1. The van der Waals surface area contributed by atoms with Crippen LogP contribution in [0.1, 0.15) is 19.5 Å². The minimum Gasteiger partial charge on any atom is -0.357 e. The van der Waals surface area contributed by atoms with Crippen LogP contribution in [0.3, 0.4) is 0 Å². The number of anilines is 2. The number of benzene rings is 1. The van der Waals surface area contributed by atoms with E-state index in [1.807, 2.05) is 32.0 Å². The van der Waals surface area contributed by atoms with Crippen LogP contribution >= 0.6 is 11.6 Å². The molecule has 0 bridgehead atoms. The molecule has 11 nitrogen and oxygen atoms in total. The number of nitrogens with one attached hydrogen (secondary N) is 3. The molecule has 0 amide bonds. The van der Waals surface area contributed by atoms with E-state index in [1.54, 1.807) is 26.2 Å². The summed E-state index contributed by atoms with van der Waals surface area (Å²) in [5.74, 6) is 0.637. The molecule has 12 heteroatoms. The number of hydrogen-bond donors (Lipinski definition) is 3. The summed E-state index contributed by atoms with van der Waals surface area (Å²) >= 11 is 6.05. The van der Waals surface area contributed by atoms with Gasteiger partial charge in [0.05, 0.1) is 6.54 Å². The molecule has 0 saturated heterocycles. The third kappa shape index (κ3) is 4.01. The fourth-order valence-corrected chi connectivity index (χ4v) is 3.86. The molecule has 0 aliphatic rings. The largest absolute Gasteiger partial charge is 0.357 e. The van der Waals surface area contributed by atoms with Gasteiger partial charge >= 0.3 is 11.4 Å². The number of hydrogen-bond acceptors (Lipinski definition) is 6. The van der Waals surface area contributed by atoms with Gasteiger partial charge in [0.25, 0.3) is 5.56 Å². The lowest BCUT2D eigenvalue weighted by atomic mass is 10.2. The zero-order valence-electron chi connectivity index (χ0n) is 19.0. The number of aryl methyl sites for hydroxylation is 2. The first-order valence-corrected chi connectivity index (χ1v) is 11.0. The van der Waals surface area contributed by atoms with E-state index in [0.717, 1.165) is 15.5 Å². The first kappa shape index (κ1) is 23.1. The molecule has 176 valence electrons. The predicted molar refractivity (Wildman–Crippen MR) is 132 cm³/mol. The van der Waals surface area contributed by atoms with Crippen LogP contribution in [0, 0.1) is 0 Å². The zero-order chi connectivity index (χ0) is 24.6. The van der Waals surface area contributed by atoms with E-state index in [-0.39, 0.29) is 23.7 Å². The van der Waals surface area contributed by atoms with Crippen molar-refractivity contribution in [2.75, 3.05) is 5.32 Å². The van der Waals surface area contributed by atoms with Gasteiger partial charge in [0.15, 0.2) is 11.2 Å². The quantitative estimate of drug-likeness (QED) is 0.360. The molecule has 34 heavy (non-hydrogen) atoms. The van der Waals surface area contributed by atoms with E-state index >= 15 is 0 Å². The summed E-state index contributed by atoms with van der Waals surface area (Å²) in [6, 6.07) is 8.83. The Kier molecular flexibility index (Phi) is 6.12. The number of rotatable bonds is 4. The number of imidazole rings is 1. The van der Waals surface area contributed by atoms with Crippen LogP contribution in [0.2, 0.25) is 5.02 Å². The minimum absolute atomic E-state index is 0.0549. The smallest absolute Gasteiger partial charge is 0.346 e. The molecular formula is C22H23ClN8O3. The Morgan fingerprint density at radius 1 is 1.03 bits per heavy atom. The molecule has 1 aromatic carbocycles. The van der Waals surface area contributed by atoms with E-state index in [9.17, 15) is 14.4 Å². The maximum atomic E-state index is 13.3. The molecule has 0 atom stereocenters. The van der Waals surface area contributed by atoms with Crippen LogP contribution in [0.25, 0.3) is 22.1 Å². The highest BCUT2D eigenvalue weighted by atomic mass is 35.5. The third-order valence-corrected chi connectivity index (χ3v) is 5.48. The number of aromatic amines is 2. The summed E-state index contributed by atoms with van der Waals surface area (Å²) in [5, 5.41) is 4.43. The topological polar surface area (TPSA) is 135 Å². The first-order chi connectivity index (χ1) is 16.3. The highest BCUT2D eigenvalue weighted by Gasteiger charge is 2.19. The maximum absolute atomic E-state index is 13.3. The van der Waals surface area contributed by atoms with Gasteiger partial charge in [0.1, 0.15) is 5.82 Å². The summed E-state index contributed by atoms with van der Waals surface area (Å²) < 4.78 is 4.00. The molecule has 0 fully saturated rings. The van der Waals surface area contributed by atoms with Gasteiger partial charge in [-0.05, 0) is 30.3 Å². The second-order valence-electron chi connectivity index (χ2n) is 7.34. The lowest BCUT2D eigenvalue weighted by molar-refractivity contribution is 0.648. The van der Waals surface area contributed by atoms with E-state index in [1.165, 1.54) is 15.3 Å². The van der Waals surface area contributed by atoms with Crippen LogP contribution in [-0.2, 0) is 20.6 Å². The van der Waals surface area contributed by atoms with Crippen molar-refractivity contribution in [3.8, 4) is 0 Å². The van der Waals surface area contributed by atoms with Crippen molar-refractivity contribution in [1.82, 2.24) is 33.6 Å².